The second-order valence-electron chi connectivity index (χ2n) is 4.45. The van der Waals surface area contributed by atoms with Crippen molar-refractivity contribution in [3.05, 3.63) is 64.2 Å². The number of nitro benzene ring substituents is 1. The molecule has 0 aliphatic rings. The molecule has 0 spiro atoms. The molecule has 1 heterocycles. The van der Waals surface area contributed by atoms with E-state index in [0.29, 0.717) is 11.1 Å². The summed E-state index contributed by atoms with van der Waals surface area (Å²) in [6, 6.07) is 10.7. The second-order valence-corrected chi connectivity index (χ2v) is 4.45. The van der Waals surface area contributed by atoms with Crippen molar-refractivity contribution in [1.29, 1.82) is 0 Å². The van der Waals surface area contributed by atoms with Gasteiger partial charge in [-0.1, -0.05) is 18.2 Å². The van der Waals surface area contributed by atoms with Crippen molar-refractivity contribution in [2.75, 3.05) is 0 Å². The van der Waals surface area contributed by atoms with E-state index in [4.69, 9.17) is 4.42 Å². The Kier molecular flexibility index (Phi) is 2.75. The monoisotopic (exact) mass is 271 g/mol. The van der Waals surface area contributed by atoms with Crippen LogP contribution in [0.15, 0.2) is 46.9 Å². The maximum absolute atomic E-state index is 13.0. The van der Waals surface area contributed by atoms with Gasteiger partial charge in [-0.2, -0.15) is 0 Å². The van der Waals surface area contributed by atoms with E-state index in [0.717, 1.165) is 11.1 Å². The summed E-state index contributed by atoms with van der Waals surface area (Å²) < 4.78 is 18.5. The van der Waals surface area contributed by atoms with Crippen LogP contribution in [0.3, 0.4) is 0 Å². The largest absolute Gasteiger partial charge is 0.453 e. The molecule has 0 unspecified atom stereocenters. The smallest absolute Gasteiger partial charge is 0.312 e. The van der Waals surface area contributed by atoms with Crippen LogP contribution in [0.1, 0.15) is 5.76 Å². The summed E-state index contributed by atoms with van der Waals surface area (Å²) in [5.74, 6) is 0.242. The van der Waals surface area contributed by atoms with E-state index < -0.39 is 4.92 Å². The SMILES string of the molecule is Cc1oc2c([N+](=O)[O-])cccc2c1-c1ccc(F)cc1. The summed E-state index contributed by atoms with van der Waals surface area (Å²) in [6.07, 6.45) is 0. The number of rotatable bonds is 2. The van der Waals surface area contributed by atoms with Gasteiger partial charge in [-0.25, -0.2) is 4.39 Å². The van der Waals surface area contributed by atoms with Gasteiger partial charge < -0.3 is 4.42 Å². The van der Waals surface area contributed by atoms with Crippen molar-refractivity contribution in [3.8, 4) is 11.1 Å². The van der Waals surface area contributed by atoms with E-state index in [9.17, 15) is 14.5 Å². The molecule has 0 atom stereocenters. The first-order valence-corrected chi connectivity index (χ1v) is 6.00. The number of hydrogen-bond donors (Lipinski definition) is 0. The minimum atomic E-state index is -0.473. The van der Waals surface area contributed by atoms with Crippen molar-refractivity contribution in [2.24, 2.45) is 0 Å². The predicted molar refractivity (Wildman–Crippen MR) is 73.0 cm³/mol. The van der Waals surface area contributed by atoms with Crippen molar-refractivity contribution < 1.29 is 13.7 Å². The summed E-state index contributed by atoms with van der Waals surface area (Å²) >= 11 is 0. The van der Waals surface area contributed by atoms with Gasteiger partial charge in [-0.15, -0.1) is 0 Å². The van der Waals surface area contributed by atoms with Crippen LogP contribution in [-0.2, 0) is 0 Å². The lowest BCUT2D eigenvalue weighted by Crippen LogP contribution is -1.87. The molecule has 0 amide bonds. The zero-order valence-electron chi connectivity index (χ0n) is 10.6. The Hall–Kier alpha value is -2.69. The molecule has 0 radical (unpaired) electrons. The van der Waals surface area contributed by atoms with Gasteiger partial charge in [0.2, 0.25) is 5.58 Å². The van der Waals surface area contributed by atoms with E-state index in [1.165, 1.54) is 18.2 Å². The maximum atomic E-state index is 13.0. The molecule has 0 aliphatic carbocycles. The van der Waals surface area contributed by atoms with Gasteiger partial charge in [0.1, 0.15) is 11.6 Å². The Bertz CT molecular complexity index is 806. The van der Waals surface area contributed by atoms with E-state index >= 15 is 0 Å². The van der Waals surface area contributed by atoms with Crippen LogP contribution in [0.4, 0.5) is 10.1 Å². The second kappa shape index (κ2) is 4.45. The summed E-state index contributed by atoms with van der Waals surface area (Å²) in [6.45, 7) is 1.74. The molecule has 0 aliphatic heterocycles. The lowest BCUT2D eigenvalue weighted by molar-refractivity contribution is -0.383. The summed E-state index contributed by atoms with van der Waals surface area (Å²) in [4.78, 5) is 10.5. The third-order valence-electron chi connectivity index (χ3n) is 3.20. The molecule has 5 heteroatoms. The third kappa shape index (κ3) is 1.84. The predicted octanol–water partition coefficient (Wildman–Crippen LogP) is 4.46. The average Bonchev–Trinajstić information content (AvgIpc) is 2.75. The van der Waals surface area contributed by atoms with Crippen LogP contribution in [0.25, 0.3) is 22.1 Å². The minimum absolute atomic E-state index is 0.0704. The molecular weight excluding hydrogens is 261 g/mol. The molecular formula is C15H10FNO3. The van der Waals surface area contributed by atoms with Gasteiger partial charge >= 0.3 is 5.69 Å². The Morgan fingerprint density at radius 1 is 1.15 bits per heavy atom. The third-order valence-corrected chi connectivity index (χ3v) is 3.20. The molecule has 4 nitrogen and oxygen atoms in total. The molecule has 100 valence electrons. The van der Waals surface area contributed by atoms with E-state index in [2.05, 4.69) is 0 Å². The summed E-state index contributed by atoms with van der Waals surface area (Å²) in [5.41, 5.74) is 1.69. The van der Waals surface area contributed by atoms with Crippen molar-refractivity contribution in [3.63, 3.8) is 0 Å². The Balaban J connectivity index is 2.31. The molecule has 3 aromatic rings. The molecule has 1 aromatic heterocycles. The van der Waals surface area contributed by atoms with E-state index in [1.807, 2.05) is 0 Å². The first-order valence-electron chi connectivity index (χ1n) is 6.00. The number of fused-ring (bicyclic) bond motifs is 1. The van der Waals surface area contributed by atoms with E-state index in [1.54, 1.807) is 31.2 Å². The standard InChI is InChI=1S/C15H10FNO3/c1-9-14(10-5-7-11(16)8-6-10)12-3-2-4-13(17(18)19)15(12)20-9/h2-8H,1H3. The minimum Gasteiger partial charge on any atom is -0.453 e. The van der Waals surface area contributed by atoms with Gasteiger partial charge in [-0.3, -0.25) is 10.1 Å². The number of nitrogens with zero attached hydrogens (tertiary/aromatic N) is 1. The molecule has 0 fully saturated rings. The van der Waals surface area contributed by atoms with Gasteiger partial charge in [0.15, 0.2) is 0 Å². The van der Waals surface area contributed by atoms with Gasteiger partial charge in [0, 0.05) is 17.0 Å². The highest BCUT2D eigenvalue weighted by molar-refractivity contribution is 5.99. The molecule has 3 rings (SSSR count). The van der Waals surface area contributed by atoms with Gasteiger partial charge in [-0.05, 0) is 30.7 Å². The topological polar surface area (TPSA) is 56.3 Å². The fourth-order valence-corrected chi connectivity index (χ4v) is 2.34. The first kappa shape index (κ1) is 12.3. The van der Waals surface area contributed by atoms with E-state index in [-0.39, 0.29) is 17.1 Å². The Morgan fingerprint density at radius 3 is 2.50 bits per heavy atom. The van der Waals surface area contributed by atoms with Crippen molar-refractivity contribution in [2.45, 2.75) is 6.92 Å². The number of non-ortho nitro benzene ring substituents is 1. The number of nitro groups is 1. The highest BCUT2D eigenvalue weighted by atomic mass is 19.1. The van der Waals surface area contributed by atoms with Crippen molar-refractivity contribution in [1.82, 2.24) is 0 Å². The fraction of sp³-hybridized carbons (Fsp3) is 0.0667. The van der Waals surface area contributed by atoms with Crippen LogP contribution >= 0.6 is 0 Å². The quantitative estimate of drug-likeness (QED) is 0.511. The van der Waals surface area contributed by atoms with Crippen LogP contribution < -0.4 is 0 Å². The highest BCUT2D eigenvalue weighted by Gasteiger charge is 2.20. The summed E-state index contributed by atoms with van der Waals surface area (Å²) in [7, 11) is 0. The maximum Gasteiger partial charge on any atom is 0.312 e. The number of benzene rings is 2. The average molecular weight is 271 g/mol. The number of furan rings is 1. The number of hydrogen-bond acceptors (Lipinski definition) is 3. The Morgan fingerprint density at radius 2 is 1.85 bits per heavy atom. The number of para-hydroxylation sites is 1. The molecule has 0 saturated heterocycles. The molecule has 0 saturated carbocycles. The number of halogens is 1. The first-order chi connectivity index (χ1) is 9.58. The normalized spacial score (nSPS) is 10.9. The zero-order chi connectivity index (χ0) is 14.3. The number of aryl methyl sites for hydroxylation is 1. The highest BCUT2D eigenvalue weighted by Crippen LogP contribution is 2.38. The van der Waals surface area contributed by atoms with Crippen LogP contribution in [-0.4, -0.2) is 4.92 Å². The molecule has 0 N–H and O–H groups in total. The zero-order valence-corrected chi connectivity index (χ0v) is 10.6. The van der Waals surface area contributed by atoms with Crippen LogP contribution in [0.5, 0.6) is 0 Å². The summed E-state index contributed by atoms with van der Waals surface area (Å²) in [5, 5.41) is 11.7. The lowest BCUT2D eigenvalue weighted by atomic mass is 10.0. The molecule has 20 heavy (non-hydrogen) atoms. The van der Waals surface area contributed by atoms with Crippen LogP contribution in [0, 0.1) is 22.9 Å². The molecule has 2 aromatic carbocycles. The molecule has 0 bridgehead atoms. The Labute approximate surface area is 113 Å². The van der Waals surface area contributed by atoms with Crippen molar-refractivity contribution >= 4 is 16.7 Å². The van der Waals surface area contributed by atoms with Gasteiger partial charge in [0.05, 0.1) is 4.92 Å². The fourth-order valence-electron chi connectivity index (χ4n) is 2.34. The lowest BCUT2D eigenvalue weighted by Gasteiger charge is -2.00. The van der Waals surface area contributed by atoms with Crippen LogP contribution in [0.2, 0.25) is 0 Å². The van der Waals surface area contributed by atoms with Gasteiger partial charge in [0.25, 0.3) is 0 Å².